The molecule has 0 fully saturated rings. The third-order valence-corrected chi connectivity index (χ3v) is 4.10. The third kappa shape index (κ3) is 3.97. The zero-order valence-corrected chi connectivity index (χ0v) is 12.5. The van der Waals surface area contributed by atoms with E-state index in [1.807, 2.05) is 0 Å². The summed E-state index contributed by atoms with van der Waals surface area (Å²) in [7, 11) is 0.541. The van der Waals surface area contributed by atoms with Gasteiger partial charge in [-0.25, -0.2) is 13.1 Å². The van der Waals surface area contributed by atoms with Crippen LogP contribution in [0, 0.1) is 0 Å². The minimum Gasteiger partial charge on any atom is -0.495 e. The molecular formula is C11H16ClNO5S. The van der Waals surface area contributed by atoms with Gasteiger partial charge < -0.3 is 14.2 Å². The molecule has 19 heavy (non-hydrogen) atoms. The van der Waals surface area contributed by atoms with Gasteiger partial charge in [-0.15, -0.1) is 0 Å². The molecule has 1 rings (SSSR count). The van der Waals surface area contributed by atoms with Gasteiger partial charge in [0.05, 0.1) is 25.8 Å². The summed E-state index contributed by atoms with van der Waals surface area (Å²) in [5.74, 6) is 0.408. The topological polar surface area (TPSA) is 73.9 Å². The monoisotopic (exact) mass is 309 g/mol. The molecule has 108 valence electrons. The molecule has 0 saturated carbocycles. The molecule has 1 N–H and O–H groups in total. The van der Waals surface area contributed by atoms with Gasteiger partial charge in [-0.2, -0.15) is 0 Å². The van der Waals surface area contributed by atoms with Crippen molar-refractivity contribution in [2.24, 2.45) is 0 Å². The average Bonchev–Trinajstić information content (AvgIpc) is 2.38. The highest BCUT2D eigenvalue weighted by atomic mass is 35.5. The second-order valence-corrected chi connectivity index (χ2v) is 5.67. The second-order valence-electron chi connectivity index (χ2n) is 3.53. The standard InChI is InChI=1S/C11H16ClNO5S/c1-16-5-4-13-19(14,15)11-7-9(17-2)8(12)6-10(11)18-3/h6-7,13H,4-5H2,1-3H3. The van der Waals surface area contributed by atoms with Crippen LogP contribution in [0.1, 0.15) is 0 Å². The lowest BCUT2D eigenvalue weighted by Crippen LogP contribution is -2.27. The van der Waals surface area contributed by atoms with Crippen molar-refractivity contribution in [2.75, 3.05) is 34.5 Å². The molecule has 0 aromatic heterocycles. The molecule has 0 aliphatic rings. The van der Waals surface area contributed by atoms with E-state index in [-0.39, 0.29) is 34.6 Å². The fraction of sp³-hybridized carbons (Fsp3) is 0.455. The van der Waals surface area contributed by atoms with Crippen molar-refractivity contribution in [3.63, 3.8) is 0 Å². The van der Waals surface area contributed by atoms with E-state index in [9.17, 15) is 8.42 Å². The van der Waals surface area contributed by atoms with Gasteiger partial charge >= 0.3 is 0 Å². The highest BCUT2D eigenvalue weighted by Crippen LogP contribution is 2.34. The van der Waals surface area contributed by atoms with E-state index in [0.717, 1.165) is 0 Å². The number of nitrogens with one attached hydrogen (secondary N) is 1. The molecule has 0 heterocycles. The van der Waals surface area contributed by atoms with E-state index in [1.54, 1.807) is 0 Å². The fourth-order valence-corrected chi connectivity index (χ4v) is 2.81. The van der Waals surface area contributed by atoms with Crippen LogP contribution in [-0.4, -0.2) is 42.9 Å². The molecule has 1 aromatic rings. The summed E-state index contributed by atoms with van der Waals surface area (Å²) >= 11 is 5.92. The lowest BCUT2D eigenvalue weighted by atomic mass is 10.3. The van der Waals surface area contributed by atoms with E-state index in [4.69, 9.17) is 25.8 Å². The van der Waals surface area contributed by atoms with Crippen LogP contribution in [-0.2, 0) is 14.8 Å². The number of methoxy groups -OCH3 is 3. The van der Waals surface area contributed by atoms with Crippen LogP contribution in [0.25, 0.3) is 0 Å². The summed E-state index contributed by atoms with van der Waals surface area (Å²) in [6.45, 7) is 0.430. The van der Waals surface area contributed by atoms with E-state index in [1.165, 1.54) is 33.5 Å². The van der Waals surface area contributed by atoms with Crippen LogP contribution in [0.3, 0.4) is 0 Å². The predicted molar refractivity (Wildman–Crippen MR) is 71.6 cm³/mol. The van der Waals surface area contributed by atoms with Gasteiger partial charge in [0, 0.05) is 25.8 Å². The summed E-state index contributed by atoms with van der Waals surface area (Å²) in [6, 6.07) is 2.71. The highest BCUT2D eigenvalue weighted by Gasteiger charge is 2.21. The number of rotatable bonds is 7. The maximum absolute atomic E-state index is 12.1. The van der Waals surface area contributed by atoms with Gasteiger partial charge in [-0.1, -0.05) is 11.6 Å². The van der Waals surface area contributed by atoms with Crippen molar-refractivity contribution in [3.8, 4) is 11.5 Å². The Morgan fingerprint density at radius 2 is 1.79 bits per heavy atom. The number of hydrogen-bond acceptors (Lipinski definition) is 5. The Morgan fingerprint density at radius 3 is 2.32 bits per heavy atom. The Bertz CT molecular complexity index is 532. The first-order valence-electron chi connectivity index (χ1n) is 5.36. The van der Waals surface area contributed by atoms with Gasteiger partial charge in [-0.3, -0.25) is 0 Å². The molecule has 0 radical (unpaired) electrons. The van der Waals surface area contributed by atoms with Crippen LogP contribution in [0.15, 0.2) is 17.0 Å². The normalized spacial score (nSPS) is 11.4. The number of benzene rings is 1. The Morgan fingerprint density at radius 1 is 1.16 bits per heavy atom. The van der Waals surface area contributed by atoms with Crippen molar-refractivity contribution in [1.82, 2.24) is 4.72 Å². The molecule has 0 spiro atoms. The molecule has 0 atom stereocenters. The quantitative estimate of drug-likeness (QED) is 0.768. The minimum atomic E-state index is -3.72. The van der Waals surface area contributed by atoms with Crippen LogP contribution >= 0.6 is 11.6 Å². The van der Waals surface area contributed by atoms with Crippen molar-refractivity contribution in [3.05, 3.63) is 17.2 Å². The van der Waals surface area contributed by atoms with Crippen LogP contribution in [0.2, 0.25) is 5.02 Å². The Kier molecular flexibility index (Phi) is 5.86. The number of sulfonamides is 1. The Labute approximate surface area is 117 Å². The maximum Gasteiger partial charge on any atom is 0.244 e. The number of halogens is 1. The summed E-state index contributed by atoms with van der Waals surface area (Å²) in [4.78, 5) is -0.0349. The first kappa shape index (κ1) is 16.0. The summed E-state index contributed by atoms with van der Waals surface area (Å²) < 4.78 is 41.5. The molecule has 0 amide bonds. The van der Waals surface area contributed by atoms with Crippen molar-refractivity contribution in [1.29, 1.82) is 0 Å². The van der Waals surface area contributed by atoms with E-state index < -0.39 is 10.0 Å². The summed E-state index contributed by atoms with van der Waals surface area (Å²) in [5.41, 5.74) is 0. The highest BCUT2D eigenvalue weighted by molar-refractivity contribution is 7.89. The van der Waals surface area contributed by atoms with Crippen molar-refractivity contribution in [2.45, 2.75) is 4.90 Å². The van der Waals surface area contributed by atoms with Crippen LogP contribution < -0.4 is 14.2 Å². The van der Waals surface area contributed by atoms with E-state index in [0.29, 0.717) is 0 Å². The molecule has 0 bridgehead atoms. The third-order valence-electron chi connectivity index (χ3n) is 2.33. The van der Waals surface area contributed by atoms with E-state index in [2.05, 4.69) is 4.72 Å². The smallest absolute Gasteiger partial charge is 0.244 e. The molecule has 0 aliphatic carbocycles. The summed E-state index contributed by atoms with van der Waals surface area (Å²) in [6.07, 6.45) is 0. The predicted octanol–water partition coefficient (Wildman–Crippen LogP) is 1.28. The molecular weight excluding hydrogens is 294 g/mol. The van der Waals surface area contributed by atoms with Gasteiger partial charge in [0.25, 0.3) is 0 Å². The maximum atomic E-state index is 12.1. The summed E-state index contributed by atoms with van der Waals surface area (Å²) in [5, 5.41) is 0.273. The van der Waals surface area contributed by atoms with E-state index >= 15 is 0 Å². The zero-order valence-electron chi connectivity index (χ0n) is 10.9. The minimum absolute atomic E-state index is 0.0349. The molecule has 1 aromatic carbocycles. The lowest BCUT2D eigenvalue weighted by Gasteiger charge is -2.13. The molecule has 8 heteroatoms. The first-order valence-corrected chi connectivity index (χ1v) is 7.22. The zero-order chi connectivity index (χ0) is 14.5. The molecule has 0 saturated heterocycles. The van der Waals surface area contributed by atoms with Gasteiger partial charge in [0.15, 0.2) is 0 Å². The largest absolute Gasteiger partial charge is 0.495 e. The van der Waals surface area contributed by atoms with Gasteiger partial charge in [0.1, 0.15) is 16.4 Å². The molecule has 0 unspecified atom stereocenters. The Balaban J connectivity index is 3.16. The number of ether oxygens (including phenoxy) is 3. The SMILES string of the molecule is COCCNS(=O)(=O)c1cc(OC)c(Cl)cc1OC. The molecule has 6 nitrogen and oxygen atoms in total. The first-order chi connectivity index (χ1) is 8.96. The number of hydrogen-bond donors (Lipinski definition) is 1. The van der Waals surface area contributed by atoms with Crippen LogP contribution in [0.4, 0.5) is 0 Å². The van der Waals surface area contributed by atoms with Crippen LogP contribution in [0.5, 0.6) is 11.5 Å². The fourth-order valence-electron chi connectivity index (χ4n) is 1.40. The van der Waals surface area contributed by atoms with Gasteiger partial charge in [-0.05, 0) is 0 Å². The Hall–Kier alpha value is -1.02. The molecule has 0 aliphatic heterocycles. The average molecular weight is 310 g/mol. The second kappa shape index (κ2) is 6.95. The van der Waals surface area contributed by atoms with Crippen molar-refractivity contribution >= 4 is 21.6 Å². The lowest BCUT2D eigenvalue weighted by molar-refractivity contribution is 0.204. The van der Waals surface area contributed by atoms with Crippen molar-refractivity contribution < 1.29 is 22.6 Å². The van der Waals surface area contributed by atoms with Gasteiger partial charge in [0.2, 0.25) is 10.0 Å².